The highest BCUT2D eigenvalue weighted by molar-refractivity contribution is 5.80. The van der Waals surface area contributed by atoms with Crippen LogP contribution in [0.3, 0.4) is 0 Å². The van der Waals surface area contributed by atoms with Crippen molar-refractivity contribution in [3.8, 4) is 16.9 Å². The summed E-state index contributed by atoms with van der Waals surface area (Å²) in [6, 6.07) is 3.84. The van der Waals surface area contributed by atoms with Crippen LogP contribution >= 0.6 is 0 Å². The van der Waals surface area contributed by atoms with Crippen LogP contribution in [0.2, 0.25) is 0 Å². The molecule has 0 spiro atoms. The van der Waals surface area contributed by atoms with Gasteiger partial charge in [-0.3, -0.25) is 9.59 Å². The van der Waals surface area contributed by atoms with Crippen molar-refractivity contribution < 1.29 is 9.13 Å². The van der Waals surface area contributed by atoms with Crippen molar-refractivity contribution in [1.82, 2.24) is 0 Å². The normalized spacial score (nSPS) is 10.7. The summed E-state index contributed by atoms with van der Waals surface area (Å²) in [7, 11) is 0. The van der Waals surface area contributed by atoms with Gasteiger partial charge in [-0.25, -0.2) is 4.39 Å². The van der Waals surface area contributed by atoms with Crippen LogP contribution < -0.4 is 21.3 Å². The molecule has 0 fully saturated rings. The van der Waals surface area contributed by atoms with Gasteiger partial charge in [0.2, 0.25) is 10.9 Å². The topological polar surface area (TPSA) is 69.4 Å². The molecule has 0 aliphatic carbocycles. The molecule has 0 aromatic heterocycles. The monoisotopic (exact) mass is 235 g/mol. The highest BCUT2D eigenvalue weighted by Gasteiger charge is 2.20. The first-order valence-corrected chi connectivity index (χ1v) is 5.07. The van der Waals surface area contributed by atoms with Crippen LogP contribution in [0, 0.1) is 5.82 Å². The molecule has 0 radical (unpaired) electrons. The molecule has 0 heterocycles. The van der Waals surface area contributed by atoms with E-state index in [9.17, 15) is 14.0 Å². The van der Waals surface area contributed by atoms with Gasteiger partial charge in [-0.1, -0.05) is 0 Å². The Kier molecular flexibility index (Phi) is 2.67. The Morgan fingerprint density at radius 2 is 1.94 bits per heavy atom. The number of rotatable bonds is 3. The lowest BCUT2D eigenvalue weighted by atomic mass is 9.99. The fraction of sp³-hybridized carbons (Fsp3) is 0.167. The third-order valence-electron chi connectivity index (χ3n) is 2.42. The Bertz CT molecular complexity index is 641. The highest BCUT2D eigenvalue weighted by Crippen LogP contribution is 2.26. The number of hydrogen-bond donors (Lipinski definition) is 1. The van der Waals surface area contributed by atoms with E-state index in [1.807, 2.05) is 0 Å². The van der Waals surface area contributed by atoms with Gasteiger partial charge in [0.1, 0.15) is 11.6 Å². The van der Waals surface area contributed by atoms with Crippen LogP contribution in [0.1, 0.15) is 6.92 Å². The minimum Gasteiger partial charge on any atom is -0.494 e. The second kappa shape index (κ2) is 4.01. The van der Waals surface area contributed by atoms with Gasteiger partial charge in [0, 0.05) is 6.07 Å². The van der Waals surface area contributed by atoms with E-state index in [-0.39, 0.29) is 16.8 Å². The van der Waals surface area contributed by atoms with Gasteiger partial charge in [-0.15, -0.1) is 0 Å². The fourth-order valence-corrected chi connectivity index (χ4v) is 1.65. The van der Waals surface area contributed by atoms with E-state index >= 15 is 0 Å². The van der Waals surface area contributed by atoms with Gasteiger partial charge in [0.05, 0.1) is 17.9 Å². The molecule has 2 N–H and O–H groups in total. The molecule has 0 saturated heterocycles. The Morgan fingerprint density at radius 3 is 2.53 bits per heavy atom. The number of hydrogen-bond acceptors (Lipinski definition) is 4. The molecule has 0 aliphatic heterocycles. The van der Waals surface area contributed by atoms with Crippen molar-refractivity contribution in [3.05, 3.63) is 44.5 Å². The number of anilines is 1. The van der Waals surface area contributed by atoms with Gasteiger partial charge < -0.3 is 10.5 Å². The standard InChI is InChI=1S/C12H10FNO3/c1-2-17-8-4-6(3-7(13)5-8)9-10(14)12(16)11(9)15/h3-5H,2,14H2,1H3. The number of nitrogens with two attached hydrogens (primary N) is 1. The van der Waals surface area contributed by atoms with Gasteiger partial charge in [0.15, 0.2) is 0 Å². The van der Waals surface area contributed by atoms with E-state index in [0.29, 0.717) is 12.4 Å². The molecule has 0 atom stereocenters. The summed E-state index contributed by atoms with van der Waals surface area (Å²) in [4.78, 5) is 22.3. The van der Waals surface area contributed by atoms with Crippen molar-refractivity contribution in [1.29, 1.82) is 0 Å². The highest BCUT2D eigenvalue weighted by atomic mass is 19.1. The lowest BCUT2D eigenvalue weighted by molar-refractivity contribution is 0.338. The molecular formula is C12H10FNO3. The molecule has 5 heteroatoms. The van der Waals surface area contributed by atoms with E-state index < -0.39 is 16.7 Å². The smallest absolute Gasteiger partial charge is 0.249 e. The molecule has 4 nitrogen and oxygen atoms in total. The average Bonchev–Trinajstić information content (AvgIpc) is 2.28. The number of ether oxygens (including phenoxy) is 1. The largest absolute Gasteiger partial charge is 0.494 e. The second-order valence-electron chi connectivity index (χ2n) is 3.56. The van der Waals surface area contributed by atoms with E-state index in [1.165, 1.54) is 12.1 Å². The predicted octanol–water partition coefficient (Wildman–Crippen LogP) is 1.07. The summed E-state index contributed by atoms with van der Waals surface area (Å²) in [6.07, 6.45) is 0. The molecule has 0 unspecified atom stereocenters. The third kappa shape index (κ3) is 1.80. The van der Waals surface area contributed by atoms with E-state index in [0.717, 1.165) is 6.07 Å². The zero-order valence-corrected chi connectivity index (χ0v) is 9.12. The lowest BCUT2D eigenvalue weighted by Crippen LogP contribution is -2.35. The molecule has 0 amide bonds. The van der Waals surface area contributed by atoms with E-state index in [1.54, 1.807) is 6.92 Å². The van der Waals surface area contributed by atoms with Crippen LogP contribution in [-0.4, -0.2) is 6.61 Å². The zero-order chi connectivity index (χ0) is 12.6. The van der Waals surface area contributed by atoms with Gasteiger partial charge in [-0.05, 0) is 24.6 Å². The molecule has 0 aliphatic rings. The summed E-state index contributed by atoms with van der Waals surface area (Å²) < 4.78 is 18.4. The van der Waals surface area contributed by atoms with Gasteiger partial charge >= 0.3 is 0 Å². The average molecular weight is 235 g/mol. The fourth-order valence-electron chi connectivity index (χ4n) is 1.65. The molecule has 17 heavy (non-hydrogen) atoms. The maximum Gasteiger partial charge on any atom is 0.249 e. The van der Waals surface area contributed by atoms with Crippen LogP contribution in [0.5, 0.6) is 5.75 Å². The summed E-state index contributed by atoms with van der Waals surface area (Å²) >= 11 is 0. The van der Waals surface area contributed by atoms with Crippen molar-refractivity contribution in [3.63, 3.8) is 0 Å². The first-order chi connectivity index (χ1) is 8.04. The van der Waals surface area contributed by atoms with E-state index in [2.05, 4.69) is 0 Å². The molecule has 2 aromatic carbocycles. The van der Waals surface area contributed by atoms with Crippen molar-refractivity contribution in [2.24, 2.45) is 0 Å². The SMILES string of the molecule is CCOc1cc(F)cc(-c2c(N)c(=O)c2=O)c1. The third-order valence-corrected chi connectivity index (χ3v) is 2.42. The summed E-state index contributed by atoms with van der Waals surface area (Å²) in [6.45, 7) is 2.14. The van der Waals surface area contributed by atoms with Crippen molar-refractivity contribution >= 4 is 5.69 Å². The molecule has 2 rings (SSSR count). The lowest BCUT2D eigenvalue weighted by Gasteiger charge is -2.09. The van der Waals surface area contributed by atoms with Crippen LogP contribution in [0.25, 0.3) is 11.1 Å². The Balaban J connectivity index is 2.54. The second-order valence-corrected chi connectivity index (χ2v) is 3.56. The first-order valence-electron chi connectivity index (χ1n) is 5.07. The Morgan fingerprint density at radius 1 is 1.24 bits per heavy atom. The number of halogens is 1. The maximum atomic E-state index is 13.3. The van der Waals surface area contributed by atoms with Gasteiger partial charge in [-0.2, -0.15) is 0 Å². The van der Waals surface area contributed by atoms with Crippen molar-refractivity contribution in [2.45, 2.75) is 6.92 Å². The Hall–Kier alpha value is -2.17. The molecule has 2 aromatic rings. The summed E-state index contributed by atoms with van der Waals surface area (Å²) in [5.74, 6) is -0.242. The quantitative estimate of drug-likeness (QED) is 0.808. The van der Waals surface area contributed by atoms with Crippen molar-refractivity contribution in [2.75, 3.05) is 12.3 Å². The predicted molar refractivity (Wildman–Crippen MR) is 62.3 cm³/mol. The number of benzene rings is 1. The molecule has 88 valence electrons. The van der Waals surface area contributed by atoms with Crippen LogP contribution in [0.4, 0.5) is 10.1 Å². The summed E-state index contributed by atoms with van der Waals surface area (Å²) in [5.41, 5.74) is 4.22. The Labute approximate surface area is 96.1 Å². The van der Waals surface area contributed by atoms with E-state index in [4.69, 9.17) is 10.5 Å². The molecule has 0 saturated carbocycles. The summed E-state index contributed by atoms with van der Waals surface area (Å²) in [5, 5.41) is 0. The zero-order valence-electron chi connectivity index (χ0n) is 9.12. The van der Waals surface area contributed by atoms with Gasteiger partial charge in [0.25, 0.3) is 0 Å². The minimum atomic E-state index is -0.720. The number of nitrogen functional groups attached to an aromatic ring is 1. The first kappa shape index (κ1) is 11.3. The minimum absolute atomic E-state index is 0.0652. The van der Waals surface area contributed by atoms with Crippen LogP contribution in [-0.2, 0) is 0 Å². The maximum absolute atomic E-state index is 13.3. The van der Waals surface area contributed by atoms with Crippen LogP contribution in [0.15, 0.2) is 27.8 Å². The molecular weight excluding hydrogens is 225 g/mol. The molecule has 0 bridgehead atoms.